The second-order valence-corrected chi connectivity index (χ2v) is 4.55. The third-order valence-corrected chi connectivity index (χ3v) is 2.93. The van der Waals surface area contributed by atoms with E-state index in [1.165, 1.54) is 6.07 Å². The minimum atomic E-state index is -1.05. The van der Waals surface area contributed by atoms with Crippen LogP contribution < -0.4 is 11.1 Å². The van der Waals surface area contributed by atoms with Gasteiger partial charge in [-0.2, -0.15) is 0 Å². The molecule has 7 nitrogen and oxygen atoms in total. The SMILES string of the molecule is Cc1ccc(C(N)=O)c(NCc2cc(C(=O)O)c(C)o2)n1. The van der Waals surface area contributed by atoms with E-state index in [1.54, 1.807) is 26.0 Å². The predicted molar refractivity (Wildman–Crippen MR) is 75.2 cm³/mol. The summed E-state index contributed by atoms with van der Waals surface area (Å²) in [5, 5.41) is 11.9. The quantitative estimate of drug-likeness (QED) is 0.770. The summed E-state index contributed by atoms with van der Waals surface area (Å²) in [5.41, 5.74) is 6.38. The van der Waals surface area contributed by atoms with Crippen LogP contribution >= 0.6 is 0 Å². The molecular formula is C14H15N3O4. The van der Waals surface area contributed by atoms with E-state index >= 15 is 0 Å². The molecule has 0 spiro atoms. The van der Waals surface area contributed by atoms with Gasteiger partial charge in [-0.15, -0.1) is 0 Å². The van der Waals surface area contributed by atoms with Crippen LogP contribution in [0.15, 0.2) is 22.6 Å². The van der Waals surface area contributed by atoms with Crippen LogP contribution in [0.3, 0.4) is 0 Å². The van der Waals surface area contributed by atoms with Gasteiger partial charge < -0.3 is 20.6 Å². The van der Waals surface area contributed by atoms with Crippen LogP contribution in [-0.2, 0) is 6.54 Å². The Morgan fingerprint density at radius 3 is 2.62 bits per heavy atom. The Morgan fingerprint density at radius 1 is 1.33 bits per heavy atom. The maximum Gasteiger partial charge on any atom is 0.339 e. The molecule has 0 aliphatic carbocycles. The number of pyridine rings is 1. The standard InChI is InChI=1S/C14H15N3O4/c1-7-3-4-10(12(15)18)13(17-7)16-6-9-5-11(14(19)20)8(2)21-9/h3-5H,6H2,1-2H3,(H2,15,18)(H,16,17)(H,19,20). The molecule has 2 heterocycles. The fourth-order valence-electron chi connectivity index (χ4n) is 1.90. The number of amides is 1. The lowest BCUT2D eigenvalue weighted by Crippen LogP contribution is -2.15. The number of carbonyl (C=O) groups is 2. The largest absolute Gasteiger partial charge is 0.478 e. The van der Waals surface area contributed by atoms with Crippen LogP contribution in [0.5, 0.6) is 0 Å². The number of furan rings is 1. The van der Waals surface area contributed by atoms with E-state index in [-0.39, 0.29) is 17.7 Å². The molecular weight excluding hydrogens is 274 g/mol. The van der Waals surface area contributed by atoms with Crippen LogP contribution in [0.1, 0.15) is 37.9 Å². The Hall–Kier alpha value is -2.83. The van der Waals surface area contributed by atoms with Crippen molar-refractivity contribution in [2.75, 3.05) is 5.32 Å². The molecule has 4 N–H and O–H groups in total. The first kappa shape index (κ1) is 14.6. The number of nitrogens with one attached hydrogen (secondary N) is 1. The number of hydrogen-bond acceptors (Lipinski definition) is 5. The fourth-order valence-corrected chi connectivity index (χ4v) is 1.90. The molecule has 0 unspecified atom stereocenters. The van der Waals surface area contributed by atoms with Crippen LogP contribution in [0.2, 0.25) is 0 Å². The van der Waals surface area contributed by atoms with Crippen molar-refractivity contribution in [1.82, 2.24) is 4.98 Å². The van der Waals surface area contributed by atoms with E-state index in [0.29, 0.717) is 17.3 Å². The Bertz CT molecular complexity index is 706. The zero-order valence-corrected chi connectivity index (χ0v) is 11.6. The molecule has 0 saturated carbocycles. The molecule has 21 heavy (non-hydrogen) atoms. The number of hydrogen-bond donors (Lipinski definition) is 3. The van der Waals surface area contributed by atoms with Gasteiger partial charge in [-0.3, -0.25) is 4.79 Å². The maximum absolute atomic E-state index is 11.3. The number of carboxylic acid groups (broad SMARTS) is 1. The molecule has 0 aromatic carbocycles. The van der Waals surface area contributed by atoms with Crippen molar-refractivity contribution < 1.29 is 19.1 Å². The first-order valence-corrected chi connectivity index (χ1v) is 6.22. The van der Waals surface area contributed by atoms with Gasteiger partial charge in [-0.25, -0.2) is 9.78 Å². The zero-order chi connectivity index (χ0) is 15.6. The zero-order valence-electron chi connectivity index (χ0n) is 11.6. The molecule has 1 amide bonds. The lowest BCUT2D eigenvalue weighted by Gasteiger charge is -2.08. The van der Waals surface area contributed by atoms with Gasteiger partial charge in [-0.05, 0) is 32.0 Å². The minimum Gasteiger partial charge on any atom is -0.478 e. The third kappa shape index (κ3) is 3.19. The fraction of sp³-hybridized carbons (Fsp3) is 0.214. The van der Waals surface area contributed by atoms with E-state index in [9.17, 15) is 9.59 Å². The summed E-state index contributed by atoms with van der Waals surface area (Å²) in [6.45, 7) is 3.56. The molecule has 0 aliphatic rings. The van der Waals surface area contributed by atoms with Crippen molar-refractivity contribution in [3.63, 3.8) is 0 Å². The normalized spacial score (nSPS) is 10.4. The summed E-state index contributed by atoms with van der Waals surface area (Å²) in [7, 11) is 0. The highest BCUT2D eigenvalue weighted by molar-refractivity contribution is 5.97. The van der Waals surface area contributed by atoms with Crippen molar-refractivity contribution in [3.05, 3.63) is 46.5 Å². The van der Waals surface area contributed by atoms with E-state index in [4.69, 9.17) is 15.3 Å². The summed E-state index contributed by atoms with van der Waals surface area (Å²) in [5.74, 6) is -0.537. The molecule has 0 radical (unpaired) electrons. The Labute approximate surface area is 120 Å². The van der Waals surface area contributed by atoms with Crippen LogP contribution in [0, 0.1) is 13.8 Å². The van der Waals surface area contributed by atoms with Crippen molar-refractivity contribution in [1.29, 1.82) is 0 Å². The summed E-state index contributed by atoms with van der Waals surface area (Å²) >= 11 is 0. The Morgan fingerprint density at radius 2 is 2.05 bits per heavy atom. The molecule has 0 atom stereocenters. The van der Waals surface area contributed by atoms with Crippen LogP contribution in [0.25, 0.3) is 0 Å². The first-order chi connectivity index (χ1) is 9.88. The number of carboxylic acids is 1. The number of nitrogens with zero attached hydrogens (tertiary/aromatic N) is 1. The predicted octanol–water partition coefficient (Wildman–Crippen LogP) is 1.70. The lowest BCUT2D eigenvalue weighted by atomic mass is 10.2. The third-order valence-electron chi connectivity index (χ3n) is 2.93. The monoisotopic (exact) mass is 289 g/mol. The van der Waals surface area contributed by atoms with E-state index in [1.807, 2.05) is 0 Å². The minimum absolute atomic E-state index is 0.110. The molecule has 0 bridgehead atoms. The molecule has 7 heteroatoms. The first-order valence-electron chi connectivity index (χ1n) is 6.22. The van der Waals surface area contributed by atoms with E-state index in [0.717, 1.165) is 5.69 Å². The highest BCUT2D eigenvalue weighted by Crippen LogP contribution is 2.18. The Kier molecular flexibility index (Phi) is 3.93. The number of aromatic nitrogens is 1. The summed E-state index contributed by atoms with van der Waals surface area (Å²) < 4.78 is 5.34. The molecule has 0 saturated heterocycles. The number of anilines is 1. The summed E-state index contributed by atoms with van der Waals surface area (Å²) in [6, 6.07) is 4.71. The number of primary amides is 1. The second-order valence-electron chi connectivity index (χ2n) is 4.55. The van der Waals surface area contributed by atoms with Crippen molar-refractivity contribution in [2.45, 2.75) is 20.4 Å². The van der Waals surface area contributed by atoms with E-state index < -0.39 is 11.9 Å². The van der Waals surface area contributed by atoms with Gasteiger partial charge in [0.2, 0.25) is 0 Å². The number of rotatable bonds is 5. The maximum atomic E-state index is 11.3. The van der Waals surface area contributed by atoms with Crippen molar-refractivity contribution >= 4 is 17.7 Å². The smallest absolute Gasteiger partial charge is 0.339 e. The summed E-state index contributed by atoms with van der Waals surface area (Å²) in [6.07, 6.45) is 0. The highest BCUT2D eigenvalue weighted by atomic mass is 16.4. The Balaban J connectivity index is 2.20. The van der Waals surface area contributed by atoms with Gasteiger partial charge in [0.1, 0.15) is 22.9 Å². The average Bonchev–Trinajstić information content (AvgIpc) is 2.77. The highest BCUT2D eigenvalue weighted by Gasteiger charge is 2.15. The molecule has 110 valence electrons. The molecule has 2 aromatic rings. The van der Waals surface area contributed by atoms with E-state index in [2.05, 4.69) is 10.3 Å². The van der Waals surface area contributed by atoms with Crippen molar-refractivity contribution in [3.8, 4) is 0 Å². The number of nitrogens with two attached hydrogens (primary N) is 1. The topological polar surface area (TPSA) is 118 Å². The van der Waals surface area contributed by atoms with Gasteiger partial charge in [0.25, 0.3) is 5.91 Å². The number of aromatic carboxylic acids is 1. The van der Waals surface area contributed by atoms with Gasteiger partial charge in [0.05, 0.1) is 12.1 Å². The van der Waals surface area contributed by atoms with Gasteiger partial charge >= 0.3 is 5.97 Å². The lowest BCUT2D eigenvalue weighted by molar-refractivity contribution is 0.0694. The molecule has 0 aliphatic heterocycles. The summed E-state index contributed by atoms with van der Waals surface area (Å²) in [4.78, 5) is 26.5. The number of carbonyl (C=O) groups excluding carboxylic acids is 1. The van der Waals surface area contributed by atoms with Crippen LogP contribution in [-0.4, -0.2) is 22.0 Å². The van der Waals surface area contributed by atoms with Gasteiger partial charge in [0.15, 0.2) is 0 Å². The van der Waals surface area contributed by atoms with Gasteiger partial charge in [-0.1, -0.05) is 0 Å². The van der Waals surface area contributed by atoms with Crippen LogP contribution in [0.4, 0.5) is 5.82 Å². The second kappa shape index (κ2) is 5.66. The molecule has 2 rings (SSSR count). The van der Waals surface area contributed by atoms with Gasteiger partial charge in [0, 0.05) is 5.69 Å². The molecule has 2 aromatic heterocycles. The average molecular weight is 289 g/mol. The van der Waals surface area contributed by atoms with Crippen molar-refractivity contribution in [2.24, 2.45) is 5.73 Å². The molecule has 0 fully saturated rings. The number of aryl methyl sites for hydroxylation is 2.